The van der Waals surface area contributed by atoms with Crippen LogP contribution in [0.3, 0.4) is 0 Å². The summed E-state index contributed by atoms with van der Waals surface area (Å²) in [7, 11) is 0. The summed E-state index contributed by atoms with van der Waals surface area (Å²) in [5.41, 5.74) is 1.11. The molecule has 1 atom stereocenters. The Kier molecular flexibility index (Phi) is 4.40. The molecule has 0 spiro atoms. The van der Waals surface area contributed by atoms with E-state index in [0.29, 0.717) is 37.8 Å². The number of benzene rings is 1. The lowest BCUT2D eigenvalue weighted by Gasteiger charge is -2.35. The van der Waals surface area contributed by atoms with Gasteiger partial charge < -0.3 is 14.2 Å². The van der Waals surface area contributed by atoms with Gasteiger partial charge in [-0.05, 0) is 11.6 Å². The fourth-order valence-electron chi connectivity index (χ4n) is 3.35. The third-order valence-electron chi connectivity index (χ3n) is 4.78. The van der Waals surface area contributed by atoms with Crippen molar-refractivity contribution in [1.82, 2.24) is 19.9 Å². The predicted molar refractivity (Wildman–Crippen MR) is 90.1 cm³/mol. The van der Waals surface area contributed by atoms with Crippen LogP contribution < -0.4 is 4.74 Å². The molecule has 1 unspecified atom stereocenters. The molecular weight excluding hydrogens is 320 g/mol. The molecular formula is C18H22N4O3. The maximum absolute atomic E-state index is 12.7. The van der Waals surface area contributed by atoms with Gasteiger partial charge in [-0.1, -0.05) is 30.3 Å². The van der Waals surface area contributed by atoms with Crippen molar-refractivity contribution < 1.29 is 14.1 Å². The van der Waals surface area contributed by atoms with Gasteiger partial charge in [-0.3, -0.25) is 9.69 Å². The van der Waals surface area contributed by atoms with E-state index in [1.54, 1.807) is 0 Å². The summed E-state index contributed by atoms with van der Waals surface area (Å²) >= 11 is 0. The van der Waals surface area contributed by atoms with Gasteiger partial charge in [-0.25, -0.2) is 0 Å². The molecule has 1 amide bonds. The Balaban J connectivity index is 1.29. The summed E-state index contributed by atoms with van der Waals surface area (Å²) < 4.78 is 11.0. The van der Waals surface area contributed by atoms with Gasteiger partial charge in [0.25, 0.3) is 5.91 Å². The van der Waals surface area contributed by atoms with Crippen molar-refractivity contribution in [3.05, 3.63) is 41.5 Å². The van der Waals surface area contributed by atoms with E-state index in [-0.39, 0.29) is 12.0 Å². The van der Waals surface area contributed by atoms with Crippen molar-refractivity contribution in [1.29, 1.82) is 0 Å². The fourth-order valence-corrected chi connectivity index (χ4v) is 3.35. The average Bonchev–Trinajstić information content (AvgIpc) is 3.28. The number of hydrogen-bond acceptors (Lipinski definition) is 6. The molecule has 25 heavy (non-hydrogen) atoms. The van der Waals surface area contributed by atoms with Crippen molar-refractivity contribution in [2.75, 3.05) is 26.2 Å². The van der Waals surface area contributed by atoms with E-state index in [1.807, 2.05) is 36.1 Å². The van der Waals surface area contributed by atoms with Crippen LogP contribution in [0.25, 0.3) is 0 Å². The van der Waals surface area contributed by atoms with E-state index in [0.717, 1.165) is 30.8 Å². The Morgan fingerprint density at radius 1 is 1.24 bits per heavy atom. The maximum Gasteiger partial charge on any atom is 0.264 e. The first kappa shape index (κ1) is 16.1. The summed E-state index contributed by atoms with van der Waals surface area (Å²) in [4.78, 5) is 21.2. The third-order valence-corrected chi connectivity index (χ3v) is 4.78. The summed E-state index contributed by atoms with van der Waals surface area (Å²) in [5.74, 6) is 2.31. The SMILES string of the molecule is CCc1nc(CN2CCN(C(=O)C3Cc4ccccc4O3)CC2)no1. The van der Waals surface area contributed by atoms with E-state index >= 15 is 0 Å². The van der Waals surface area contributed by atoms with E-state index < -0.39 is 0 Å². The average molecular weight is 342 g/mol. The van der Waals surface area contributed by atoms with Crippen molar-refractivity contribution in [2.24, 2.45) is 0 Å². The van der Waals surface area contributed by atoms with Crippen LogP contribution in [-0.4, -0.2) is 58.1 Å². The molecule has 7 nitrogen and oxygen atoms in total. The largest absolute Gasteiger partial charge is 0.480 e. The number of rotatable bonds is 4. The first-order chi connectivity index (χ1) is 12.2. The highest BCUT2D eigenvalue weighted by Gasteiger charge is 2.33. The molecule has 7 heteroatoms. The number of carbonyl (C=O) groups is 1. The number of ether oxygens (including phenoxy) is 1. The number of amides is 1. The van der Waals surface area contributed by atoms with Gasteiger partial charge in [0, 0.05) is 39.0 Å². The Bertz CT molecular complexity index is 727. The molecule has 1 saturated heterocycles. The van der Waals surface area contributed by atoms with Crippen molar-refractivity contribution in [2.45, 2.75) is 32.4 Å². The standard InChI is InChI=1S/C18H22N4O3/c1-2-17-19-16(20-25-17)12-21-7-9-22(10-8-21)18(23)15-11-13-5-3-4-6-14(13)24-15/h3-6,15H,2,7-12H2,1H3. The van der Waals surface area contributed by atoms with Gasteiger partial charge in [0.1, 0.15) is 5.75 Å². The second-order valence-corrected chi connectivity index (χ2v) is 6.48. The van der Waals surface area contributed by atoms with Crippen LogP contribution in [0.2, 0.25) is 0 Å². The van der Waals surface area contributed by atoms with Gasteiger partial charge in [0.15, 0.2) is 11.9 Å². The quantitative estimate of drug-likeness (QED) is 0.833. The topological polar surface area (TPSA) is 71.7 Å². The normalized spacial score (nSPS) is 20.4. The number of hydrogen-bond donors (Lipinski definition) is 0. The highest BCUT2D eigenvalue weighted by molar-refractivity contribution is 5.82. The first-order valence-electron chi connectivity index (χ1n) is 8.80. The lowest BCUT2D eigenvalue weighted by Crippen LogP contribution is -2.52. The molecule has 1 fully saturated rings. The van der Waals surface area contributed by atoms with Gasteiger partial charge >= 0.3 is 0 Å². The lowest BCUT2D eigenvalue weighted by atomic mass is 10.1. The summed E-state index contributed by atoms with van der Waals surface area (Å²) in [6.45, 7) is 5.67. The number of para-hydroxylation sites is 1. The summed E-state index contributed by atoms with van der Waals surface area (Å²) in [6.07, 6.45) is 1.03. The summed E-state index contributed by atoms with van der Waals surface area (Å²) in [5, 5.41) is 3.99. The molecule has 0 radical (unpaired) electrons. The van der Waals surface area contributed by atoms with Crippen LogP contribution >= 0.6 is 0 Å². The number of piperazine rings is 1. The molecule has 2 aromatic rings. The predicted octanol–water partition coefficient (Wildman–Crippen LogP) is 1.28. The Morgan fingerprint density at radius 2 is 2.04 bits per heavy atom. The monoisotopic (exact) mass is 342 g/mol. The third kappa shape index (κ3) is 3.37. The van der Waals surface area contributed by atoms with E-state index in [9.17, 15) is 4.79 Å². The second-order valence-electron chi connectivity index (χ2n) is 6.48. The van der Waals surface area contributed by atoms with Crippen LogP contribution in [-0.2, 0) is 24.2 Å². The van der Waals surface area contributed by atoms with Gasteiger partial charge in [0.05, 0.1) is 6.54 Å². The zero-order chi connectivity index (χ0) is 17.2. The molecule has 0 saturated carbocycles. The molecule has 0 N–H and O–H groups in total. The van der Waals surface area contributed by atoms with Crippen molar-refractivity contribution in [3.8, 4) is 5.75 Å². The maximum atomic E-state index is 12.7. The lowest BCUT2D eigenvalue weighted by molar-refractivity contribution is -0.139. The zero-order valence-corrected chi connectivity index (χ0v) is 14.4. The summed E-state index contributed by atoms with van der Waals surface area (Å²) in [6, 6.07) is 7.87. The molecule has 1 aromatic carbocycles. The second kappa shape index (κ2) is 6.84. The zero-order valence-electron chi connectivity index (χ0n) is 14.4. The Labute approximate surface area is 146 Å². The number of carbonyl (C=O) groups excluding carboxylic acids is 1. The van der Waals surface area contributed by atoms with Gasteiger partial charge in [0.2, 0.25) is 5.89 Å². The van der Waals surface area contributed by atoms with Crippen LogP contribution in [0.5, 0.6) is 5.75 Å². The smallest absolute Gasteiger partial charge is 0.264 e. The Morgan fingerprint density at radius 3 is 2.76 bits per heavy atom. The number of aromatic nitrogens is 2. The first-order valence-corrected chi connectivity index (χ1v) is 8.80. The molecule has 0 aliphatic carbocycles. The van der Waals surface area contributed by atoms with E-state index in [2.05, 4.69) is 15.0 Å². The minimum Gasteiger partial charge on any atom is -0.480 e. The van der Waals surface area contributed by atoms with Crippen LogP contribution in [0.15, 0.2) is 28.8 Å². The van der Waals surface area contributed by atoms with E-state index in [4.69, 9.17) is 9.26 Å². The van der Waals surface area contributed by atoms with Gasteiger partial charge in [-0.2, -0.15) is 4.98 Å². The highest BCUT2D eigenvalue weighted by Crippen LogP contribution is 2.29. The fraction of sp³-hybridized carbons (Fsp3) is 0.500. The van der Waals surface area contributed by atoms with Crippen LogP contribution in [0.1, 0.15) is 24.2 Å². The molecule has 0 bridgehead atoms. The van der Waals surface area contributed by atoms with Gasteiger partial charge in [-0.15, -0.1) is 0 Å². The molecule has 2 aliphatic rings. The minimum atomic E-state index is -0.381. The van der Waals surface area contributed by atoms with Crippen molar-refractivity contribution in [3.63, 3.8) is 0 Å². The van der Waals surface area contributed by atoms with Crippen LogP contribution in [0, 0.1) is 0 Å². The molecule has 1 aromatic heterocycles. The van der Waals surface area contributed by atoms with Crippen molar-refractivity contribution >= 4 is 5.91 Å². The minimum absolute atomic E-state index is 0.0867. The van der Waals surface area contributed by atoms with E-state index in [1.165, 1.54) is 0 Å². The molecule has 2 aliphatic heterocycles. The number of fused-ring (bicyclic) bond motifs is 1. The van der Waals surface area contributed by atoms with Crippen LogP contribution in [0.4, 0.5) is 0 Å². The molecule has 4 rings (SSSR count). The highest BCUT2D eigenvalue weighted by atomic mass is 16.5. The molecule has 132 valence electrons. The Hall–Kier alpha value is -2.41. The number of aryl methyl sites for hydroxylation is 1. The molecule has 3 heterocycles. The number of nitrogens with zero attached hydrogens (tertiary/aromatic N) is 4.